The third-order valence-corrected chi connectivity index (χ3v) is 5.93. The summed E-state index contributed by atoms with van der Waals surface area (Å²) in [5.41, 5.74) is -6.20. The number of para-hydroxylation sites is 1. The molecule has 0 saturated carbocycles. The van der Waals surface area contributed by atoms with E-state index < -0.39 is 50.7 Å². The maximum atomic E-state index is 12.6. The molecule has 12 heteroatoms. The number of Topliss-reactive ketones (excluding diaryl/α,β-unsaturated/α-hetero) is 2. The van der Waals surface area contributed by atoms with E-state index in [2.05, 4.69) is 4.18 Å². The smallest absolute Gasteiger partial charge is 0.486 e. The van der Waals surface area contributed by atoms with Crippen LogP contribution in [-0.2, 0) is 28.7 Å². The number of rotatable bonds is 8. The van der Waals surface area contributed by atoms with Crippen LogP contribution in [0.5, 0.6) is 5.75 Å². The van der Waals surface area contributed by atoms with Gasteiger partial charge >= 0.3 is 15.6 Å². The Kier molecular flexibility index (Phi) is 6.12. The summed E-state index contributed by atoms with van der Waals surface area (Å²) in [6.07, 6.45) is -0.429. The summed E-state index contributed by atoms with van der Waals surface area (Å²) in [5, 5.41) is 0. The number of carbonyl (C=O) groups excluding carboxylic acids is 3. The Morgan fingerprint density at radius 2 is 1.84 bits per heavy atom. The van der Waals surface area contributed by atoms with Crippen molar-refractivity contribution in [1.82, 2.24) is 4.90 Å². The molecule has 8 nitrogen and oxygen atoms in total. The molecule has 1 amide bonds. The summed E-state index contributed by atoms with van der Waals surface area (Å²) in [6, 6.07) is 7.92. The lowest BCUT2D eigenvalue weighted by molar-refractivity contribution is -0.158. The summed E-state index contributed by atoms with van der Waals surface area (Å²) in [4.78, 5) is 37.7. The first kappa shape index (κ1) is 22.8. The third-order valence-electron chi connectivity index (χ3n) is 4.94. The number of hydrogen-bond donors (Lipinski definition) is 0. The lowest BCUT2D eigenvalue weighted by atomic mass is 9.77. The number of nitrogens with zero attached hydrogens (tertiary/aromatic N) is 1. The fraction of sp³-hybridized carbons (Fsp3) is 0.421. The summed E-state index contributed by atoms with van der Waals surface area (Å²) in [6.45, 7) is 0.717. The average Bonchev–Trinajstić information content (AvgIpc) is 2.69. The monoisotopic (exact) mass is 461 g/mol. The number of fused-ring (bicyclic) bond motifs is 1. The summed E-state index contributed by atoms with van der Waals surface area (Å²) in [5.74, 6) is -2.87. The van der Waals surface area contributed by atoms with E-state index in [0.29, 0.717) is 5.75 Å². The second-order valence-corrected chi connectivity index (χ2v) is 8.61. The first-order valence-corrected chi connectivity index (χ1v) is 10.6. The molecule has 0 N–H and O–H groups in total. The fourth-order valence-corrected chi connectivity index (χ4v) is 4.10. The largest absolute Gasteiger partial charge is 0.534 e. The predicted octanol–water partition coefficient (Wildman–Crippen LogP) is 2.31. The SMILES string of the molecule is CC(=O)C1=C(OS(=O)(=O)C(F)(F)F)CCC2[C@H](CC(=O)COc3ccccc3)C(=O)N12. The van der Waals surface area contributed by atoms with E-state index in [-0.39, 0.29) is 31.7 Å². The molecular weight excluding hydrogens is 443 g/mol. The second kappa shape index (κ2) is 8.33. The highest BCUT2D eigenvalue weighted by atomic mass is 32.2. The van der Waals surface area contributed by atoms with Gasteiger partial charge in [-0.05, 0) is 18.6 Å². The number of ether oxygens (including phenoxy) is 1. The Hall–Kier alpha value is -2.89. The number of benzene rings is 1. The number of ketones is 2. The maximum absolute atomic E-state index is 12.6. The molecule has 31 heavy (non-hydrogen) atoms. The van der Waals surface area contributed by atoms with E-state index in [9.17, 15) is 36.0 Å². The van der Waals surface area contributed by atoms with E-state index in [1.807, 2.05) is 0 Å². The summed E-state index contributed by atoms with van der Waals surface area (Å²) in [7, 11) is -5.98. The molecule has 0 spiro atoms. The van der Waals surface area contributed by atoms with Crippen molar-refractivity contribution in [2.24, 2.45) is 5.92 Å². The van der Waals surface area contributed by atoms with Crippen molar-refractivity contribution in [3.05, 3.63) is 41.8 Å². The fourth-order valence-electron chi connectivity index (χ4n) is 3.58. The van der Waals surface area contributed by atoms with Crippen molar-refractivity contribution in [1.29, 1.82) is 0 Å². The Bertz CT molecular complexity index is 1030. The van der Waals surface area contributed by atoms with Gasteiger partial charge in [-0.1, -0.05) is 18.2 Å². The maximum Gasteiger partial charge on any atom is 0.534 e. The van der Waals surface area contributed by atoms with Gasteiger partial charge in [0.1, 0.15) is 23.8 Å². The number of alkyl halides is 3. The van der Waals surface area contributed by atoms with Crippen LogP contribution in [0.15, 0.2) is 41.8 Å². The summed E-state index contributed by atoms with van der Waals surface area (Å²) < 4.78 is 70.0. The molecule has 0 aromatic heterocycles. The topological polar surface area (TPSA) is 107 Å². The molecule has 0 aliphatic carbocycles. The Labute approximate surface area is 175 Å². The van der Waals surface area contributed by atoms with Gasteiger partial charge in [0.25, 0.3) is 0 Å². The van der Waals surface area contributed by atoms with Crippen LogP contribution in [0, 0.1) is 5.92 Å². The molecule has 1 aromatic carbocycles. The molecule has 1 unspecified atom stereocenters. The molecule has 168 valence electrons. The highest BCUT2D eigenvalue weighted by Crippen LogP contribution is 2.43. The predicted molar refractivity (Wildman–Crippen MR) is 98.7 cm³/mol. The first-order valence-electron chi connectivity index (χ1n) is 9.20. The van der Waals surface area contributed by atoms with Crippen molar-refractivity contribution in [3.63, 3.8) is 0 Å². The normalized spacial score (nSPS) is 21.3. The molecule has 1 aromatic rings. The lowest BCUT2D eigenvalue weighted by Crippen LogP contribution is -2.63. The number of allylic oxidation sites excluding steroid dienone is 2. The molecule has 2 heterocycles. The van der Waals surface area contributed by atoms with Crippen molar-refractivity contribution >= 4 is 27.6 Å². The molecule has 1 saturated heterocycles. The van der Waals surface area contributed by atoms with Gasteiger partial charge in [-0.15, -0.1) is 0 Å². The minimum atomic E-state index is -5.98. The van der Waals surface area contributed by atoms with E-state index in [1.165, 1.54) is 0 Å². The number of hydrogen-bond acceptors (Lipinski definition) is 7. The van der Waals surface area contributed by atoms with Crippen LogP contribution >= 0.6 is 0 Å². The average molecular weight is 461 g/mol. The van der Waals surface area contributed by atoms with E-state index in [1.54, 1.807) is 30.3 Å². The molecule has 0 bridgehead atoms. The van der Waals surface area contributed by atoms with Gasteiger partial charge in [-0.2, -0.15) is 21.6 Å². The van der Waals surface area contributed by atoms with E-state index in [0.717, 1.165) is 11.8 Å². The molecule has 0 radical (unpaired) electrons. The van der Waals surface area contributed by atoms with Crippen molar-refractivity contribution in [2.75, 3.05) is 6.61 Å². The summed E-state index contributed by atoms with van der Waals surface area (Å²) >= 11 is 0. The number of carbonyl (C=O) groups is 3. The van der Waals surface area contributed by atoms with Crippen molar-refractivity contribution < 1.29 is 44.9 Å². The lowest BCUT2D eigenvalue weighted by Gasteiger charge is -2.50. The number of β-lactam (4-membered cyclic amide) rings is 1. The molecule has 3 rings (SSSR count). The molecule has 2 aliphatic rings. The molecule has 2 aliphatic heterocycles. The number of halogens is 3. The zero-order chi connectivity index (χ0) is 23.0. The van der Waals surface area contributed by atoms with Gasteiger partial charge < -0.3 is 13.8 Å². The highest BCUT2D eigenvalue weighted by molar-refractivity contribution is 7.87. The van der Waals surface area contributed by atoms with Gasteiger partial charge in [0.05, 0.1) is 5.92 Å². The molecule has 2 atom stereocenters. The van der Waals surface area contributed by atoms with Crippen LogP contribution in [0.2, 0.25) is 0 Å². The van der Waals surface area contributed by atoms with Gasteiger partial charge in [0.2, 0.25) is 5.91 Å². The molecule has 1 fully saturated rings. The Balaban J connectivity index is 1.70. The minimum absolute atomic E-state index is 0.0444. The van der Waals surface area contributed by atoms with Crippen molar-refractivity contribution in [3.8, 4) is 5.75 Å². The van der Waals surface area contributed by atoms with Crippen LogP contribution in [-0.4, -0.2) is 48.9 Å². The van der Waals surface area contributed by atoms with E-state index >= 15 is 0 Å². The van der Waals surface area contributed by atoms with Crippen LogP contribution in [0.25, 0.3) is 0 Å². The third kappa shape index (κ3) is 4.58. The zero-order valence-electron chi connectivity index (χ0n) is 16.2. The van der Waals surface area contributed by atoms with Crippen LogP contribution in [0.1, 0.15) is 26.2 Å². The Morgan fingerprint density at radius 1 is 1.19 bits per heavy atom. The van der Waals surface area contributed by atoms with Gasteiger partial charge in [0, 0.05) is 25.8 Å². The van der Waals surface area contributed by atoms with Crippen molar-refractivity contribution in [2.45, 2.75) is 37.7 Å². The zero-order valence-corrected chi connectivity index (χ0v) is 17.0. The van der Waals surface area contributed by atoms with Crippen LogP contribution in [0.4, 0.5) is 13.2 Å². The first-order chi connectivity index (χ1) is 14.4. The van der Waals surface area contributed by atoms with Gasteiger partial charge in [0.15, 0.2) is 11.6 Å². The van der Waals surface area contributed by atoms with Crippen LogP contribution in [0.3, 0.4) is 0 Å². The minimum Gasteiger partial charge on any atom is -0.486 e. The quantitative estimate of drug-likeness (QED) is 0.332. The Morgan fingerprint density at radius 3 is 2.42 bits per heavy atom. The number of amides is 1. The van der Waals surface area contributed by atoms with E-state index in [4.69, 9.17) is 4.74 Å². The molecular formula is C19H18F3NO7S. The standard InChI is InChI=1S/C19H18F3NO7S/c1-11(24)17-16(30-31(27,28)19(20,21)22)8-7-15-14(18(26)23(15)17)9-12(25)10-29-13-5-3-2-4-6-13/h2-6,14-15H,7-10H2,1H3/t14-,15?/m0/s1. The van der Waals surface area contributed by atoms with Crippen LogP contribution < -0.4 is 4.74 Å². The van der Waals surface area contributed by atoms with Gasteiger partial charge in [-0.3, -0.25) is 14.4 Å². The second-order valence-electron chi connectivity index (χ2n) is 7.08. The highest BCUT2D eigenvalue weighted by Gasteiger charge is 2.55. The van der Waals surface area contributed by atoms with Gasteiger partial charge in [-0.25, -0.2) is 0 Å².